The van der Waals surface area contributed by atoms with Crippen molar-refractivity contribution in [1.29, 1.82) is 0 Å². The van der Waals surface area contributed by atoms with Gasteiger partial charge < -0.3 is 4.74 Å². The number of rotatable bonds is 9. The molecule has 0 bridgehead atoms. The summed E-state index contributed by atoms with van der Waals surface area (Å²) in [5, 5.41) is 0. The van der Waals surface area contributed by atoms with Gasteiger partial charge in [-0.05, 0) is 18.1 Å². The van der Waals surface area contributed by atoms with E-state index < -0.39 is 0 Å². The van der Waals surface area contributed by atoms with Gasteiger partial charge in [0.15, 0.2) is 0 Å². The number of carbonyl (C=O) groups excluding carboxylic acids is 2. The Morgan fingerprint density at radius 2 is 2.04 bits per heavy atom. The number of benzene rings is 1. The maximum atomic E-state index is 12.4. The number of carbonyl (C=O) groups is 2. The minimum absolute atomic E-state index is 0.156. The number of hydrogen-bond acceptors (Lipinski definition) is 5. The SMILES string of the molecule is CCCCCOC(=O)CCN1C(=O)/C(=C/C=C/c2ccccc2)SC1=S. The molecule has 0 aliphatic carbocycles. The second kappa shape index (κ2) is 10.9. The first kappa shape index (κ1) is 20.4. The van der Waals surface area contributed by atoms with Gasteiger partial charge in [-0.3, -0.25) is 14.5 Å². The fourth-order valence-electron chi connectivity index (χ4n) is 2.33. The van der Waals surface area contributed by atoms with Gasteiger partial charge in [0, 0.05) is 6.54 Å². The number of thiocarbonyl (C=S) groups is 1. The maximum Gasteiger partial charge on any atom is 0.307 e. The molecule has 1 amide bonds. The normalized spacial score (nSPS) is 16.0. The van der Waals surface area contributed by atoms with E-state index in [2.05, 4.69) is 6.92 Å². The molecule has 0 unspecified atom stereocenters. The van der Waals surface area contributed by atoms with Gasteiger partial charge in [-0.15, -0.1) is 0 Å². The molecule has 1 fully saturated rings. The van der Waals surface area contributed by atoms with Crippen molar-refractivity contribution in [2.45, 2.75) is 32.6 Å². The zero-order chi connectivity index (χ0) is 18.8. The Morgan fingerprint density at radius 1 is 1.27 bits per heavy atom. The molecular formula is C20H23NO3S2. The molecule has 1 aromatic rings. The molecule has 0 radical (unpaired) electrons. The van der Waals surface area contributed by atoms with E-state index in [1.165, 1.54) is 16.7 Å². The number of amides is 1. The van der Waals surface area contributed by atoms with Crippen molar-refractivity contribution in [1.82, 2.24) is 4.90 Å². The number of nitrogens with zero attached hydrogens (tertiary/aromatic N) is 1. The highest BCUT2D eigenvalue weighted by Gasteiger charge is 2.31. The first-order valence-electron chi connectivity index (χ1n) is 8.74. The first-order chi connectivity index (χ1) is 12.6. The van der Waals surface area contributed by atoms with E-state index in [0.717, 1.165) is 24.8 Å². The number of esters is 1. The minimum atomic E-state index is -0.289. The van der Waals surface area contributed by atoms with Crippen molar-refractivity contribution in [3.8, 4) is 0 Å². The molecule has 0 saturated carbocycles. The van der Waals surface area contributed by atoms with Gasteiger partial charge in [0.2, 0.25) is 0 Å². The summed E-state index contributed by atoms with van der Waals surface area (Å²) in [4.78, 5) is 26.2. The van der Waals surface area contributed by atoms with Crippen LogP contribution in [0.3, 0.4) is 0 Å². The zero-order valence-electron chi connectivity index (χ0n) is 14.8. The largest absolute Gasteiger partial charge is 0.466 e. The average molecular weight is 390 g/mol. The van der Waals surface area contributed by atoms with Crippen molar-refractivity contribution in [3.63, 3.8) is 0 Å². The molecule has 138 valence electrons. The Bertz CT molecular complexity index is 698. The molecule has 1 aliphatic heterocycles. The van der Waals surface area contributed by atoms with Gasteiger partial charge in [0.05, 0.1) is 17.9 Å². The molecule has 1 aliphatic rings. The molecule has 4 nitrogen and oxygen atoms in total. The molecule has 0 spiro atoms. The van der Waals surface area contributed by atoms with Gasteiger partial charge in [-0.25, -0.2) is 0 Å². The smallest absolute Gasteiger partial charge is 0.307 e. The summed E-state index contributed by atoms with van der Waals surface area (Å²) < 4.78 is 5.64. The van der Waals surface area contributed by atoms with Gasteiger partial charge in [0.25, 0.3) is 5.91 Å². The topological polar surface area (TPSA) is 46.6 Å². The van der Waals surface area contributed by atoms with Crippen molar-refractivity contribution in [2.75, 3.05) is 13.2 Å². The fourth-order valence-corrected chi connectivity index (χ4v) is 3.59. The summed E-state index contributed by atoms with van der Waals surface area (Å²) in [6.45, 7) is 2.80. The van der Waals surface area contributed by atoms with Crippen molar-refractivity contribution >= 4 is 46.3 Å². The lowest BCUT2D eigenvalue weighted by molar-refractivity contribution is -0.144. The van der Waals surface area contributed by atoms with E-state index in [9.17, 15) is 9.59 Å². The third-order valence-corrected chi connectivity index (χ3v) is 5.16. The Kier molecular flexibility index (Phi) is 8.58. The van der Waals surface area contributed by atoms with Crippen LogP contribution in [0, 0.1) is 0 Å². The molecule has 2 rings (SSSR count). The van der Waals surface area contributed by atoms with Crippen LogP contribution in [-0.4, -0.2) is 34.2 Å². The second-order valence-electron chi connectivity index (χ2n) is 5.80. The number of hydrogen-bond donors (Lipinski definition) is 0. The predicted molar refractivity (Wildman–Crippen MR) is 111 cm³/mol. The Morgan fingerprint density at radius 3 is 2.77 bits per heavy atom. The average Bonchev–Trinajstić information content (AvgIpc) is 2.91. The van der Waals surface area contributed by atoms with Crippen LogP contribution in [0.2, 0.25) is 0 Å². The minimum Gasteiger partial charge on any atom is -0.466 e. The van der Waals surface area contributed by atoms with Crippen LogP contribution < -0.4 is 0 Å². The van der Waals surface area contributed by atoms with Gasteiger partial charge in [-0.2, -0.15) is 0 Å². The van der Waals surface area contributed by atoms with Crippen LogP contribution in [0.25, 0.3) is 6.08 Å². The molecule has 1 heterocycles. The van der Waals surface area contributed by atoms with Crippen LogP contribution in [0.15, 0.2) is 47.4 Å². The van der Waals surface area contributed by atoms with Crippen LogP contribution in [0.4, 0.5) is 0 Å². The summed E-state index contributed by atoms with van der Waals surface area (Å²) in [5.74, 6) is -0.445. The molecule has 0 N–H and O–H groups in total. The van der Waals surface area contributed by atoms with Crippen molar-refractivity contribution in [3.05, 3.63) is 53.0 Å². The Hall–Kier alpha value is -1.92. The number of allylic oxidation sites excluding steroid dienone is 2. The second-order valence-corrected chi connectivity index (χ2v) is 7.48. The summed E-state index contributed by atoms with van der Waals surface area (Å²) in [6, 6.07) is 9.85. The fraction of sp³-hybridized carbons (Fsp3) is 0.350. The Labute approximate surface area is 164 Å². The standard InChI is InChI=1S/C20H23NO3S2/c1-2-3-7-15-24-18(22)13-14-21-19(23)17(26-20(21)25)12-8-11-16-9-5-4-6-10-16/h4-6,8-12H,2-3,7,13-15H2,1H3/b11-8+,17-12-. The first-order valence-corrected chi connectivity index (χ1v) is 9.97. The lowest BCUT2D eigenvalue weighted by Crippen LogP contribution is -2.30. The highest BCUT2D eigenvalue weighted by molar-refractivity contribution is 8.26. The maximum absolute atomic E-state index is 12.4. The molecule has 0 aromatic heterocycles. The van der Waals surface area contributed by atoms with Gasteiger partial charge in [-0.1, -0.05) is 86.2 Å². The molecule has 1 saturated heterocycles. The lowest BCUT2D eigenvalue weighted by atomic mass is 10.2. The molecular weight excluding hydrogens is 366 g/mol. The summed E-state index contributed by atoms with van der Waals surface area (Å²) in [6.07, 6.45) is 8.69. The van der Waals surface area contributed by atoms with E-state index in [-0.39, 0.29) is 24.8 Å². The van der Waals surface area contributed by atoms with E-state index in [4.69, 9.17) is 17.0 Å². The third kappa shape index (κ3) is 6.42. The quantitative estimate of drug-likeness (QED) is 0.268. The highest BCUT2D eigenvalue weighted by atomic mass is 32.2. The zero-order valence-corrected chi connectivity index (χ0v) is 16.5. The monoisotopic (exact) mass is 389 g/mol. The van der Waals surface area contributed by atoms with E-state index in [1.807, 2.05) is 42.5 Å². The molecule has 26 heavy (non-hydrogen) atoms. The summed E-state index contributed by atoms with van der Waals surface area (Å²) >= 11 is 6.52. The van der Waals surface area contributed by atoms with Crippen LogP contribution in [0.5, 0.6) is 0 Å². The lowest BCUT2D eigenvalue weighted by Gasteiger charge is -2.13. The predicted octanol–water partition coefficient (Wildman–Crippen LogP) is 4.57. The molecule has 6 heteroatoms. The highest BCUT2D eigenvalue weighted by Crippen LogP contribution is 2.31. The van der Waals surface area contributed by atoms with Gasteiger partial charge in [0.1, 0.15) is 4.32 Å². The molecule has 1 aromatic carbocycles. The summed E-state index contributed by atoms with van der Waals surface area (Å²) in [7, 11) is 0. The number of thioether (sulfide) groups is 1. The van der Waals surface area contributed by atoms with Gasteiger partial charge >= 0.3 is 5.97 Å². The van der Waals surface area contributed by atoms with Crippen LogP contribution in [0.1, 0.15) is 38.2 Å². The van der Waals surface area contributed by atoms with Crippen LogP contribution >= 0.6 is 24.0 Å². The van der Waals surface area contributed by atoms with Crippen molar-refractivity contribution in [2.24, 2.45) is 0 Å². The summed E-state index contributed by atoms with van der Waals surface area (Å²) in [5.41, 5.74) is 1.06. The number of ether oxygens (including phenoxy) is 1. The number of unbranched alkanes of at least 4 members (excludes halogenated alkanes) is 2. The van der Waals surface area contributed by atoms with E-state index in [1.54, 1.807) is 6.08 Å². The van der Waals surface area contributed by atoms with E-state index in [0.29, 0.717) is 15.8 Å². The van der Waals surface area contributed by atoms with E-state index >= 15 is 0 Å². The van der Waals surface area contributed by atoms with Crippen LogP contribution in [-0.2, 0) is 14.3 Å². The Balaban J connectivity index is 1.83. The molecule has 0 atom stereocenters. The third-order valence-electron chi connectivity index (χ3n) is 3.76. The van der Waals surface area contributed by atoms with Crippen molar-refractivity contribution < 1.29 is 14.3 Å².